The lowest BCUT2D eigenvalue weighted by Gasteiger charge is -2.48. The summed E-state index contributed by atoms with van der Waals surface area (Å²) in [6, 6.07) is 0.365. The maximum atomic E-state index is 6.11. The molecule has 2 nitrogen and oxygen atoms in total. The van der Waals surface area contributed by atoms with Crippen LogP contribution in [0.4, 0.5) is 0 Å². The topological polar surface area (TPSA) is 29.3 Å². The molecule has 0 aromatic carbocycles. The summed E-state index contributed by atoms with van der Waals surface area (Å²) in [5, 5.41) is 0. The van der Waals surface area contributed by atoms with Gasteiger partial charge in [0.2, 0.25) is 0 Å². The number of nitrogens with zero attached hydrogens (tertiary/aromatic N) is 1. The Labute approximate surface area is 99.2 Å². The van der Waals surface area contributed by atoms with Crippen LogP contribution in [0.2, 0.25) is 0 Å². The quantitative estimate of drug-likeness (QED) is 0.774. The summed E-state index contributed by atoms with van der Waals surface area (Å²) in [5.74, 6) is 0.638. The van der Waals surface area contributed by atoms with Gasteiger partial charge in [0.1, 0.15) is 0 Å². The van der Waals surface area contributed by atoms with Crippen molar-refractivity contribution >= 4 is 0 Å². The van der Waals surface area contributed by atoms with Crippen LogP contribution in [0.3, 0.4) is 0 Å². The molecule has 1 saturated heterocycles. The molecule has 16 heavy (non-hydrogen) atoms. The van der Waals surface area contributed by atoms with Crippen LogP contribution in [0, 0.1) is 5.92 Å². The molecule has 0 saturated carbocycles. The fourth-order valence-electron chi connectivity index (χ4n) is 3.04. The van der Waals surface area contributed by atoms with Crippen molar-refractivity contribution in [3.63, 3.8) is 0 Å². The molecule has 1 aliphatic heterocycles. The summed E-state index contributed by atoms with van der Waals surface area (Å²) < 4.78 is 0. The van der Waals surface area contributed by atoms with Gasteiger partial charge in [0, 0.05) is 18.1 Å². The summed E-state index contributed by atoms with van der Waals surface area (Å²) in [4.78, 5) is 2.60. The average molecular weight is 220 g/mol. The number of rotatable bonds is 2. The second kappa shape index (κ2) is 4.72. The Morgan fingerprint density at radius 2 is 2.19 bits per heavy atom. The molecular weight excluding hydrogens is 196 g/mol. The first-order valence-electron chi connectivity index (χ1n) is 6.50. The van der Waals surface area contributed by atoms with Crippen LogP contribution in [-0.4, -0.2) is 29.6 Å². The second-order valence-corrected chi connectivity index (χ2v) is 5.49. The van der Waals surface area contributed by atoms with E-state index < -0.39 is 0 Å². The lowest BCUT2D eigenvalue weighted by atomic mass is 9.78. The number of hydrogen-bond donors (Lipinski definition) is 1. The summed E-state index contributed by atoms with van der Waals surface area (Å²) >= 11 is 0. The summed E-state index contributed by atoms with van der Waals surface area (Å²) in [6.07, 6.45) is 12.6. The minimum Gasteiger partial charge on any atom is -0.327 e. The van der Waals surface area contributed by atoms with Crippen molar-refractivity contribution in [3.05, 3.63) is 24.3 Å². The van der Waals surface area contributed by atoms with Gasteiger partial charge in [0.25, 0.3) is 0 Å². The number of piperidine rings is 1. The minimum absolute atomic E-state index is 0.215. The van der Waals surface area contributed by atoms with E-state index in [1.807, 2.05) is 0 Å². The van der Waals surface area contributed by atoms with Gasteiger partial charge in [-0.25, -0.2) is 0 Å². The molecule has 1 aliphatic carbocycles. The monoisotopic (exact) mass is 220 g/mol. The fraction of sp³-hybridized carbons (Fsp3) is 0.714. The van der Waals surface area contributed by atoms with E-state index in [1.54, 1.807) is 0 Å². The Hall–Kier alpha value is -0.600. The van der Waals surface area contributed by atoms with Crippen molar-refractivity contribution in [1.82, 2.24) is 4.90 Å². The molecule has 1 fully saturated rings. The van der Waals surface area contributed by atoms with Crippen molar-refractivity contribution in [3.8, 4) is 0 Å². The SMILES string of the molecule is CC(C)C1(N2CCCC(N)C2)C=CC=CC1. The molecule has 2 aliphatic rings. The van der Waals surface area contributed by atoms with E-state index in [1.165, 1.54) is 19.4 Å². The third-order valence-corrected chi connectivity index (χ3v) is 4.12. The lowest BCUT2D eigenvalue weighted by molar-refractivity contribution is 0.0596. The van der Waals surface area contributed by atoms with Gasteiger partial charge in [0.05, 0.1) is 0 Å². The molecular formula is C14H24N2. The Morgan fingerprint density at radius 1 is 1.38 bits per heavy atom. The normalized spacial score (nSPS) is 35.9. The highest BCUT2D eigenvalue weighted by atomic mass is 15.2. The molecule has 0 aromatic heterocycles. The Kier molecular flexibility index (Phi) is 3.50. The number of allylic oxidation sites excluding steroid dienone is 2. The predicted molar refractivity (Wildman–Crippen MR) is 69.2 cm³/mol. The zero-order valence-corrected chi connectivity index (χ0v) is 10.5. The Balaban J connectivity index is 2.19. The first-order chi connectivity index (χ1) is 7.65. The van der Waals surface area contributed by atoms with Crippen molar-refractivity contribution in [1.29, 1.82) is 0 Å². The summed E-state index contributed by atoms with van der Waals surface area (Å²) in [5.41, 5.74) is 6.32. The van der Waals surface area contributed by atoms with Gasteiger partial charge >= 0.3 is 0 Å². The van der Waals surface area contributed by atoms with Crippen LogP contribution < -0.4 is 5.73 Å². The molecule has 1 heterocycles. The molecule has 0 spiro atoms. The Bertz CT molecular complexity index is 293. The highest BCUT2D eigenvalue weighted by molar-refractivity contribution is 5.22. The van der Waals surface area contributed by atoms with Crippen molar-refractivity contribution in [2.45, 2.75) is 44.7 Å². The van der Waals surface area contributed by atoms with Gasteiger partial charge in [-0.1, -0.05) is 38.2 Å². The van der Waals surface area contributed by atoms with Crippen LogP contribution in [0.5, 0.6) is 0 Å². The smallest absolute Gasteiger partial charge is 0.0452 e. The predicted octanol–water partition coefficient (Wildman–Crippen LogP) is 2.32. The highest BCUT2D eigenvalue weighted by Crippen LogP contribution is 2.34. The van der Waals surface area contributed by atoms with E-state index >= 15 is 0 Å². The van der Waals surface area contributed by atoms with Gasteiger partial charge in [-0.2, -0.15) is 0 Å². The number of likely N-dealkylation sites (tertiary alicyclic amines) is 1. The van der Waals surface area contributed by atoms with Gasteiger partial charge in [-0.05, 0) is 31.7 Å². The molecule has 0 bridgehead atoms. The van der Waals surface area contributed by atoms with Crippen LogP contribution in [0.25, 0.3) is 0 Å². The van der Waals surface area contributed by atoms with Crippen LogP contribution in [-0.2, 0) is 0 Å². The largest absolute Gasteiger partial charge is 0.327 e. The second-order valence-electron chi connectivity index (χ2n) is 5.49. The fourth-order valence-corrected chi connectivity index (χ4v) is 3.04. The van der Waals surface area contributed by atoms with E-state index in [0.717, 1.165) is 13.0 Å². The van der Waals surface area contributed by atoms with Gasteiger partial charge in [-0.15, -0.1) is 0 Å². The summed E-state index contributed by atoms with van der Waals surface area (Å²) in [6.45, 7) is 6.90. The standard InChI is InChI=1S/C14H24N2/c1-12(2)14(8-4-3-5-9-14)16-10-6-7-13(15)11-16/h3-5,8,12-13H,6-7,9-11,15H2,1-2H3. The first kappa shape index (κ1) is 11.9. The third-order valence-electron chi connectivity index (χ3n) is 4.12. The van der Waals surface area contributed by atoms with Crippen molar-refractivity contribution < 1.29 is 0 Å². The van der Waals surface area contributed by atoms with E-state index in [4.69, 9.17) is 5.73 Å². The summed E-state index contributed by atoms with van der Waals surface area (Å²) in [7, 11) is 0. The zero-order chi connectivity index (χ0) is 11.6. The maximum Gasteiger partial charge on any atom is 0.0452 e. The molecule has 2 N–H and O–H groups in total. The maximum absolute atomic E-state index is 6.11. The van der Waals surface area contributed by atoms with Crippen molar-refractivity contribution in [2.24, 2.45) is 11.7 Å². The molecule has 2 unspecified atom stereocenters. The molecule has 0 aromatic rings. The third kappa shape index (κ3) is 2.09. The highest BCUT2D eigenvalue weighted by Gasteiger charge is 2.38. The number of hydrogen-bond acceptors (Lipinski definition) is 2. The van der Waals surface area contributed by atoms with Crippen molar-refractivity contribution in [2.75, 3.05) is 13.1 Å². The van der Waals surface area contributed by atoms with Gasteiger partial charge in [-0.3, -0.25) is 4.90 Å². The van der Waals surface area contributed by atoms with Gasteiger partial charge < -0.3 is 5.73 Å². The molecule has 2 atom stereocenters. The molecule has 0 radical (unpaired) electrons. The minimum atomic E-state index is 0.215. The molecule has 2 rings (SSSR count). The molecule has 0 amide bonds. The van der Waals surface area contributed by atoms with E-state index in [9.17, 15) is 0 Å². The van der Waals surface area contributed by atoms with Crippen LogP contribution in [0.15, 0.2) is 24.3 Å². The zero-order valence-electron chi connectivity index (χ0n) is 10.5. The van der Waals surface area contributed by atoms with Crippen LogP contribution in [0.1, 0.15) is 33.1 Å². The molecule has 90 valence electrons. The van der Waals surface area contributed by atoms with Crippen LogP contribution >= 0.6 is 0 Å². The molecule has 2 heteroatoms. The average Bonchev–Trinajstić information content (AvgIpc) is 2.30. The van der Waals surface area contributed by atoms with E-state index in [-0.39, 0.29) is 5.54 Å². The van der Waals surface area contributed by atoms with Gasteiger partial charge in [0.15, 0.2) is 0 Å². The first-order valence-corrected chi connectivity index (χ1v) is 6.50. The van der Waals surface area contributed by atoms with E-state index in [2.05, 4.69) is 43.1 Å². The Morgan fingerprint density at radius 3 is 2.75 bits per heavy atom. The number of nitrogens with two attached hydrogens (primary N) is 1. The van der Waals surface area contributed by atoms with E-state index in [0.29, 0.717) is 12.0 Å². The lowest BCUT2D eigenvalue weighted by Crippen LogP contribution is -2.57.